The molecule has 0 amide bonds. The van der Waals surface area contributed by atoms with Crippen LogP contribution in [0.5, 0.6) is 0 Å². The summed E-state index contributed by atoms with van der Waals surface area (Å²) in [5.74, 6) is 1.76. The Bertz CT molecular complexity index is 1010. The van der Waals surface area contributed by atoms with E-state index in [1.165, 1.54) is 6.42 Å². The van der Waals surface area contributed by atoms with Gasteiger partial charge in [0.25, 0.3) is 0 Å². The second-order valence-corrected chi connectivity index (χ2v) is 16.7. The van der Waals surface area contributed by atoms with Gasteiger partial charge < -0.3 is 14.6 Å². The van der Waals surface area contributed by atoms with Crippen molar-refractivity contribution in [2.75, 3.05) is 0 Å². The van der Waals surface area contributed by atoms with Crippen LogP contribution in [0.15, 0.2) is 0 Å². The molecule has 5 aliphatic carbocycles. The van der Waals surface area contributed by atoms with Crippen molar-refractivity contribution in [2.24, 2.45) is 56.7 Å². The van der Waals surface area contributed by atoms with E-state index >= 15 is 0 Å². The summed E-state index contributed by atoms with van der Waals surface area (Å²) in [6.45, 7) is 21.9. The van der Waals surface area contributed by atoms with E-state index in [1.807, 2.05) is 13.8 Å². The first kappa shape index (κ1) is 29.4. The summed E-state index contributed by atoms with van der Waals surface area (Å²) in [5, 5.41) is 11.2. The molecule has 0 spiro atoms. The quantitative estimate of drug-likeness (QED) is 0.377. The number of hydrogen-bond donors (Lipinski definition) is 1. The summed E-state index contributed by atoms with van der Waals surface area (Å²) in [6.07, 6.45) is 9.53. The van der Waals surface area contributed by atoms with Crippen molar-refractivity contribution in [1.82, 2.24) is 0 Å². The highest BCUT2D eigenvalue weighted by Gasteiger charge is 2.74. The predicted octanol–water partition coefficient (Wildman–Crippen LogP) is 7.33. The van der Waals surface area contributed by atoms with Crippen LogP contribution in [0.2, 0.25) is 0 Å². The number of hydrogen-bond acceptors (Lipinski definition) is 5. The van der Waals surface area contributed by atoms with Crippen molar-refractivity contribution >= 4 is 11.9 Å². The van der Waals surface area contributed by atoms with Gasteiger partial charge in [-0.25, -0.2) is 0 Å². The number of carbonyl (C=O) groups excluding carboxylic acids is 2. The number of carbonyl (C=O) groups is 2. The maximum Gasteiger partial charge on any atom is 0.302 e. The lowest BCUT2D eigenvalue weighted by molar-refractivity contribution is -0.285. The number of ether oxygens (including phenoxy) is 2. The lowest BCUT2D eigenvalue weighted by atomic mass is 9.31. The van der Waals surface area contributed by atoms with Gasteiger partial charge in [-0.3, -0.25) is 9.59 Å². The zero-order chi connectivity index (χ0) is 29.0. The molecule has 39 heavy (non-hydrogen) atoms. The van der Waals surface area contributed by atoms with Crippen molar-refractivity contribution in [1.29, 1.82) is 0 Å². The van der Waals surface area contributed by atoms with Crippen molar-refractivity contribution < 1.29 is 24.2 Å². The average Bonchev–Trinajstić information content (AvgIpc) is 3.13. The van der Waals surface area contributed by atoms with Gasteiger partial charge in [0.1, 0.15) is 12.2 Å². The van der Waals surface area contributed by atoms with Crippen LogP contribution in [0.4, 0.5) is 0 Å². The zero-order valence-corrected chi connectivity index (χ0v) is 26.5. The molecule has 5 heteroatoms. The van der Waals surface area contributed by atoms with Gasteiger partial charge in [-0.05, 0) is 117 Å². The normalized spacial score (nSPS) is 50.6. The van der Waals surface area contributed by atoms with Crippen LogP contribution >= 0.6 is 0 Å². The first-order chi connectivity index (χ1) is 17.8. The Kier molecular flexibility index (Phi) is 6.74. The minimum Gasteiger partial charge on any atom is -0.462 e. The van der Waals surface area contributed by atoms with Gasteiger partial charge in [0.2, 0.25) is 0 Å². The fraction of sp³-hybridized carbons (Fsp3) is 0.941. The second-order valence-electron chi connectivity index (χ2n) is 16.7. The summed E-state index contributed by atoms with van der Waals surface area (Å²) < 4.78 is 12.3. The van der Waals surface area contributed by atoms with Gasteiger partial charge in [-0.15, -0.1) is 0 Å². The van der Waals surface area contributed by atoms with Gasteiger partial charge >= 0.3 is 11.9 Å². The van der Waals surface area contributed by atoms with Crippen LogP contribution in [0, 0.1) is 56.7 Å². The molecule has 0 aromatic carbocycles. The van der Waals surface area contributed by atoms with E-state index in [0.717, 1.165) is 51.4 Å². The minimum absolute atomic E-state index is 0.0234. The summed E-state index contributed by atoms with van der Waals surface area (Å²) >= 11 is 0. The molecule has 0 heterocycles. The van der Waals surface area contributed by atoms with Gasteiger partial charge in [0, 0.05) is 24.7 Å². The summed E-state index contributed by atoms with van der Waals surface area (Å²) in [7, 11) is 0. The van der Waals surface area contributed by atoms with Gasteiger partial charge in [0.05, 0.1) is 5.60 Å². The van der Waals surface area contributed by atoms with E-state index in [9.17, 15) is 14.7 Å². The largest absolute Gasteiger partial charge is 0.462 e. The summed E-state index contributed by atoms with van der Waals surface area (Å²) in [6, 6.07) is 0. The van der Waals surface area contributed by atoms with E-state index in [0.29, 0.717) is 23.7 Å². The SMILES string of the molecule is CC(=O)O[C@H]1CC[C@]2(C)[C@H]3CC[C@@H]4[C@@]5(C)CC[C@H](C(C)(C)O)[C@@H]5C[C@H](OC(C)=O)[C@@]4(C)[C@]3(C)CC[C@H]2C1(C)C. The molecule has 0 aliphatic heterocycles. The smallest absolute Gasteiger partial charge is 0.302 e. The molecular weight excluding hydrogens is 488 g/mol. The van der Waals surface area contributed by atoms with Crippen LogP contribution < -0.4 is 0 Å². The van der Waals surface area contributed by atoms with Crippen LogP contribution in [0.1, 0.15) is 127 Å². The molecule has 0 radical (unpaired) electrons. The molecular formula is C34H56O5. The van der Waals surface area contributed by atoms with E-state index in [4.69, 9.17) is 9.47 Å². The molecule has 5 fully saturated rings. The maximum absolute atomic E-state index is 12.6. The molecule has 5 rings (SSSR count). The Morgan fingerprint density at radius 3 is 1.87 bits per heavy atom. The minimum atomic E-state index is -0.726. The molecule has 0 saturated heterocycles. The van der Waals surface area contributed by atoms with Crippen molar-refractivity contribution in [3.8, 4) is 0 Å². The number of esters is 2. The molecule has 222 valence electrons. The maximum atomic E-state index is 12.6. The molecule has 0 aromatic rings. The average molecular weight is 545 g/mol. The standard InChI is InChI=1S/C34H56O5/c1-20(35)38-27-15-17-32(8)24(29(27,3)4)14-18-33(9)25(32)11-12-26-31(7)16-13-22(30(5,6)37)23(31)19-28(34(26,33)10)39-21(2)36/h22-28,37H,11-19H2,1-10H3/t22-,23-,24-,25+,26+,27-,28-,31-,32-,33+,34-/m0/s1. The second kappa shape index (κ2) is 8.95. The Hall–Kier alpha value is -1.10. The Balaban J connectivity index is 1.56. The molecule has 1 N–H and O–H groups in total. The topological polar surface area (TPSA) is 72.8 Å². The number of aliphatic hydroxyl groups is 1. The highest BCUT2D eigenvalue weighted by Crippen LogP contribution is 2.78. The monoisotopic (exact) mass is 544 g/mol. The van der Waals surface area contributed by atoms with Gasteiger partial charge in [-0.1, -0.05) is 41.5 Å². The van der Waals surface area contributed by atoms with Crippen molar-refractivity contribution in [3.05, 3.63) is 0 Å². The Morgan fingerprint density at radius 1 is 0.718 bits per heavy atom. The van der Waals surface area contributed by atoms with E-state index in [1.54, 1.807) is 13.8 Å². The number of rotatable bonds is 3. The highest BCUT2D eigenvalue weighted by molar-refractivity contribution is 5.66. The molecule has 11 atom stereocenters. The molecule has 0 bridgehead atoms. The zero-order valence-electron chi connectivity index (χ0n) is 26.5. The van der Waals surface area contributed by atoms with Crippen LogP contribution in [0.3, 0.4) is 0 Å². The van der Waals surface area contributed by atoms with Crippen molar-refractivity contribution in [3.63, 3.8) is 0 Å². The third-order valence-electron chi connectivity index (χ3n) is 14.5. The first-order valence-corrected chi connectivity index (χ1v) is 15.9. The third-order valence-corrected chi connectivity index (χ3v) is 14.5. The van der Waals surface area contributed by atoms with Crippen molar-refractivity contribution in [2.45, 2.75) is 145 Å². The fourth-order valence-electron chi connectivity index (χ4n) is 12.7. The summed E-state index contributed by atoms with van der Waals surface area (Å²) in [5.41, 5.74) is -0.560. The summed E-state index contributed by atoms with van der Waals surface area (Å²) in [4.78, 5) is 24.6. The highest BCUT2D eigenvalue weighted by atomic mass is 16.5. The molecule has 5 nitrogen and oxygen atoms in total. The molecule has 5 aliphatic rings. The lowest BCUT2D eigenvalue weighted by Crippen LogP contribution is -2.70. The Morgan fingerprint density at radius 2 is 1.28 bits per heavy atom. The lowest BCUT2D eigenvalue weighted by Gasteiger charge is -2.74. The van der Waals surface area contributed by atoms with E-state index < -0.39 is 5.60 Å². The van der Waals surface area contributed by atoms with Crippen LogP contribution in [0.25, 0.3) is 0 Å². The first-order valence-electron chi connectivity index (χ1n) is 15.9. The van der Waals surface area contributed by atoms with Crippen LogP contribution in [-0.4, -0.2) is 34.9 Å². The van der Waals surface area contributed by atoms with Gasteiger partial charge in [-0.2, -0.15) is 0 Å². The molecule has 0 aromatic heterocycles. The Labute approximate surface area is 237 Å². The van der Waals surface area contributed by atoms with Gasteiger partial charge in [0.15, 0.2) is 0 Å². The fourth-order valence-corrected chi connectivity index (χ4v) is 12.7. The number of fused-ring (bicyclic) bond motifs is 7. The molecule has 5 saturated carbocycles. The molecule has 0 unspecified atom stereocenters. The predicted molar refractivity (Wildman–Crippen MR) is 153 cm³/mol. The van der Waals surface area contributed by atoms with E-state index in [2.05, 4.69) is 41.5 Å². The van der Waals surface area contributed by atoms with E-state index in [-0.39, 0.29) is 57.1 Å². The third kappa shape index (κ3) is 3.93. The van der Waals surface area contributed by atoms with Crippen LogP contribution in [-0.2, 0) is 19.1 Å².